The molecule has 3 heteroatoms. The van der Waals surface area contributed by atoms with E-state index >= 15 is 0 Å². The van der Waals surface area contributed by atoms with Gasteiger partial charge < -0.3 is 5.32 Å². The molecule has 2 fully saturated rings. The number of alkyl halides is 1. The highest BCUT2D eigenvalue weighted by molar-refractivity contribution is 4.99. The summed E-state index contributed by atoms with van der Waals surface area (Å²) in [5.41, 5.74) is 0.396. The van der Waals surface area contributed by atoms with Gasteiger partial charge in [-0.15, -0.1) is 0 Å². The van der Waals surface area contributed by atoms with Gasteiger partial charge in [-0.25, -0.2) is 0 Å². The first-order chi connectivity index (χ1) is 6.87. The summed E-state index contributed by atoms with van der Waals surface area (Å²) < 4.78 is 12.2. The fraction of sp³-hybridized carbons (Fsp3) is 1.00. The number of rotatable bonds is 3. The number of hydrogen-bond donors (Lipinski definition) is 1. The molecule has 2 aliphatic heterocycles. The van der Waals surface area contributed by atoms with Crippen molar-refractivity contribution < 1.29 is 4.39 Å². The number of piperidine rings is 1. The van der Waals surface area contributed by atoms with E-state index < -0.39 is 0 Å². The van der Waals surface area contributed by atoms with Crippen LogP contribution in [0.3, 0.4) is 0 Å². The maximum Gasteiger partial charge on any atom is 0.0906 e. The van der Waals surface area contributed by atoms with Crippen molar-refractivity contribution in [2.24, 2.45) is 0 Å². The smallest absolute Gasteiger partial charge is 0.0906 e. The highest BCUT2D eigenvalue weighted by Gasteiger charge is 2.40. The minimum atomic E-state index is -0.167. The molecule has 2 rings (SSSR count). The van der Waals surface area contributed by atoms with Gasteiger partial charge in [0.25, 0.3) is 0 Å². The molecular weight excluding hydrogens is 179 g/mol. The van der Waals surface area contributed by atoms with Crippen LogP contribution in [0.1, 0.15) is 32.1 Å². The van der Waals surface area contributed by atoms with Crippen molar-refractivity contribution in [2.75, 3.05) is 32.9 Å². The second kappa shape index (κ2) is 4.58. The van der Waals surface area contributed by atoms with Crippen LogP contribution in [-0.2, 0) is 0 Å². The van der Waals surface area contributed by atoms with Gasteiger partial charge in [-0.05, 0) is 45.2 Å². The van der Waals surface area contributed by atoms with E-state index in [9.17, 15) is 4.39 Å². The molecule has 0 aromatic heterocycles. The van der Waals surface area contributed by atoms with Crippen molar-refractivity contribution in [3.8, 4) is 0 Å². The number of hydrogen-bond acceptors (Lipinski definition) is 2. The normalized spacial score (nSPS) is 34.1. The average molecular weight is 200 g/mol. The Labute approximate surface area is 85.9 Å². The van der Waals surface area contributed by atoms with Crippen LogP contribution in [0.15, 0.2) is 0 Å². The van der Waals surface area contributed by atoms with Crippen LogP contribution in [0.2, 0.25) is 0 Å². The number of likely N-dealkylation sites (tertiary alicyclic amines) is 1. The maximum atomic E-state index is 12.2. The van der Waals surface area contributed by atoms with Crippen molar-refractivity contribution >= 4 is 0 Å². The van der Waals surface area contributed by atoms with E-state index in [0.29, 0.717) is 12.0 Å². The van der Waals surface area contributed by atoms with Crippen LogP contribution in [0, 0.1) is 0 Å². The molecule has 0 aliphatic carbocycles. The van der Waals surface area contributed by atoms with E-state index in [1.807, 2.05) is 0 Å². The van der Waals surface area contributed by atoms with E-state index in [1.165, 1.54) is 38.8 Å². The molecule has 2 aliphatic rings. The summed E-state index contributed by atoms with van der Waals surface area (Å²) >= 11 is 0. The topological polar surface area (TPSA) is 15.3 Å². The van der Waals surface area contributed by atoms with Crippen molar-refractivity contribution in [2.45, 2.75) is 37.6 Å². The van der Waals surface area contributed by atoms with Gasteiger partial charge in [0.2, 0.25) is 0 Å². The SMILES string of the molecule is FCCCN1CCCC12CCCNC2. The summed E-state index contributed by atoms with van der Waals surface area (Å²) in [5, 5.41) is 3.49. The third kappa shape index (κ3) is 1.94. The van der Waals surface area contributed by atoms with Gasteiger partial charge in [-0.3, -0.25) is 9.29 Å². The molecule has 82 valence electrons. The number of nitrogens with zero attached hydrogens (tertiary/aromatic N) is 1. The highest BCUT2D eigenvalue weighted by Crippen LogP contribution is 2.34. The molecule has 1 spiro atoms. The lowest BCUT2D eigenvalue weighted by Gasteiger charge is -2.42. The van der Waals surface area contributed by atoms with Crippen molar-refractivity contribution in [3.63, 3.8) is 0 Å². The first-order valence-corrected chi connectivity index (χ1v) is 5.89. The van der Waals surface area contributed by atoms with Gasteiger partial charge in [0.15, 0.2) is 0 Å². The van der Waals surface area contributed by atoms with Gasteiger partial charge in [-0.1, -0.05) is 0 Å². The van der Waals surface area contributed by atoms with Gasteiger partial charge in [-0.2, -0.15) is 0 Å². The molecule has 0 bridgehead atoms. The molecule has 1 N–H and O–H groups in total. The first-order valence-electron chi connectivity index (χ1n) is 5.89. The minimum absolute atomic E-state index is 0.167. The standard InChI is InChI=1S/C11H21FN2/c12-6-3-9-14-8-2-5-11(14)4-1-7-13-10-11/h13H,1-10H2. The molecule has 2 nitrogen and oxygen atoms in total. The molecule has 0 aromatic carbocycles. The Hall–Kier alpha value is -0.150. The van der Waals surface area contributed by atoms with E-state index in [0.717, 1.165) is 13.1 Å². The Bertz CT molecular complexity index is 178. The second-order valence-corrected chi connectivity index (χ2v) is 4.64. The van der Waals surface area contributed by atoms with E-state index in [1.54, 1.807) is 0 Å². The Morgan fingerprint density at radius 2 is 2.14 bits per heavy atom. The lowest BCUT2D eigenvalue weighted by molar-refractivity contribution is 0.102. The van der Waals surface area contributed by atoms with Gasteiger partial charge in [0, 0.05) is 18.6 Å². The fourth-order valence-corrected chi connectivity index (χ4v) is 3.03. The molecule has 0 amide bonds. The Morgan fingerprint density at radius 1 is 1.29 bits per heavy atom. The summed E-state index contributed by atoms with van der Waals surface area (Å²) in [6.07, 6.45) is 5.92. The first kappa shape index (κ1) is 10.4. The summed E-state index contributed by atoms with van der Waals surface area (Å²) in [7, 11) is 0. The Kier molecular flexibility index (Phi) is 3.39. The quantitative estimate of drug-likeness (QED) is 0.744. The Balaban J connectivity index is 1.93. The molecule has 0 radical (unpaired) electrons. The molecule has 14 heavy (non-hydrogen) atoms. The largest absolute Gasteiger partial charge is 0.315 e. The zero-order chi connectivity index (χ0) is 9.86. The molecule has 2 heterocycles. The van der Waals surface area contributed by atoms with E-state index in [2.05, 4.69) is 10.2 Å². The van der Waals surface area contributed by atoms with E-state index in [4.69, 9.17) is 0 Å². The molecule has 0 saturated carbocycles. The second-order valence-electron chi connectivity index (χ2n) is 4.64. The molecule has 1 unspecified atom stereocenters. The third-order valence-corrected chi connectivity index (χ3v) is 3.75. The van der Waals surface area contributed by atoms with Crippen LogP contribution < -0.4 is 5.32 Å². The lowest BCUT2D eigenvalue weighted by atomic mass is 9.87. The van der Waals surface area contributed by atoms with Crippen LogP contribution in [0.5, 0.6) is 0 Å². The molecular formula is C11H21FN2. The predicted molar refractivity (Wildman–Crippen MR) is 56.2 cm³/mol. The summed E-state index contributed by atoms with van der Waals surface area (Å²) in [5.74, 6) is 0. The van der Waals surface area contributed by atoms with Gasteiger partial charge >= 0.3 is 0 Å². The zero-order valence-electron chi connectivity index (χ0n) is 8.90. The van der Waals surface area contributed by atoms with Crippen molar-refractivity contribution in [3.05, 3.63) is 0 Å². The van der Waals surface area contributed by atoms with Gasteiger partial charge in [0.1, 0.15) is 0 Å². The van der Waals surface area contributed by atoms with Crippen molar-refractivity contribution in [1.29, 1.82) is 0 Å². The molecule has 1 atom stereocenters. The number of halogens is 1. The van der Waals surface area contributed by atoms with Crippen molar-refractivity contribution in [1.82, 2.24) is 10.2 Å². The van der Waals surface area contributed by atoms with Gasteiger partial charge in [0.05, 0.1) is 6.67 Å². The predicted octanol–water partition coefficient (Wildman–Crippen LogP) is 1.56. The summed E-state index contributed by atoms with van der Waals surface area (Å²) in [6, 6.07) is 0. The lowest BCUT2D eigenvalue weighted by Crippen LogP contribution is -2.54. The average Bonchev–Trinajstić information content (AvgIpc) is 2.59. The molecule has 2 saturated heterocycles. The van der Waals surface area contributed by atoms with E-state index in [-0.39, 0.29) is 6.67 Å². The third-order valence-electron chi connectivity index (χ3n) is 3.75. The summed E-state index contributed by atoms with van der Waals surface area (Å²) in [6.45, 7) is 4.26. The highest BCUT2D eigenvalue weighted by atomic mass is 19.1. The van der Waals surface area contributed by atoms with Crippen LogP contribution in [0.4, 0.5) is 4.39 Å². The van der Waals surface area contributed by atoms with Crippen LogP contribution in [0.25, 0.3) is 0 Å². The molecule has 0 aromatic rings. The zero-order valence-corrected chi connectivity index (χ0v) is 8.90. The minimum Gasteiger partial charge on any atom is -0.315 e. The summed E-state index contributed by atoms with van der Waals surface area (Å²) in [4.78, 5) is 2.53. The maximum absolute atomic E-state index is 12.2. The van der Waals surface area contributed by atoms with Crippen LogP contribution in [-0.4, -0.2) is 43.3 Å². The fourth-order valence-electron chi connectivity index (χ4n) is 3.03. The van der Waals surface area contributed by atoms with Crippen LogP contribution >= 0.6 is 0 Å². The Morgan fingerprint density at radius 3 is 2.86 bits per heavy atom. The number of nitrogens with one attached hydrogen (secondary N) is 1. The monoisotopic (exact) mass is 200 g/mol.